The highest BCUT2D eigenvalue weighted by Crippen LogP contribution is 2.20. The molecule has 1 aromatic carbocycles. The minimum absolute atomic E-state index is 0.0178. The van der Waals surface area contributed by atoms with Crippen molar-refractivity contribution in [1.82, 2.24) is 15.5 Å². The molecule has 2 rings (SSSR count). The van der Waals surface area contributed by atoms with Gasteiger partial charge >= 0.3 is 0 Å². The first-order valence-electron chi connectivity index (χ1n) is 7.43. The number of rotatable bonds is 7. The maximum absolute atomic E-state index is 11.6. The third kappa shape index (κ3) is 4.58. The molecule has 1 aromatic heterocycles. The van der Waals surface area contributed by atoms with Crippen molar-refractivity contribution in [2.45, 2.75) is 39.7 Å². The summed E-state index contributed by atoms with van der Waals surface area (Å²) in [6.45, 7) is 6.42. The molecule has 0 atom stereocenters. The van der Waals surface area contributed by atoms with E-state index in [4.69, 9.17) is 9.26 Å². The molecule has 1 amide bonds. The van der Waals surface area contributed by atoms with E-state index in [2.05, 4.69) is 15.5 Å². The highest BCUT2D eigenvalue weighted by molar-refractivity contribution is 5.76. The molecule has 0 aliphatic rings. The Labute approximate surface area is 129 Å². The Morgan fingerprint density at radius 2 is 2.05 bits per heavy atom. The van der Waals surface area contributed by atoms with Gasteiger partial charge in [-0.25, -0.2) is 0 Å². The van der Waals surface area contributed by atoms with Crippen LogP contribution in [0.4, 0.5) is 0 Å². The molecule has 0 saturated heterocycles. The standard InChI is InChI=1S/C16H21N3O3/c1-4-21-13-7-5-12(6-8-13)16-18-15(22-19-16)10-9-14(20)17-11(2)3/h5-8,11H,4,9-10H2,1-3H3,(H,17,20). The van der Waals surface area contributed by atoms with E-state index in [-0.39, 0.29) is 11.9 Å². The number of carbonyl (C=O) groups is 1. The first kappa shape index (κ1) is 16.0. The van der Waals surface area contributed by atoms with Crippen LogP contribution in [0.1, 0.15) is 33.1 Å². The maximum atomic E-state index is 11.6. The molecule has 0 radical (unpaired) electrons. The highest BCUT2D eigenvalue weighted by atomic mass is 16.5. The molecule has 1 N–H and O–H groups in total. The quantitative estimate of drug-likeness (QED) is 0.850. The van der Waals surface area contributed by atoms with Crippen molar-refractivity contribution in [2.75, 3.05) is 6.61 Å². The van der Waals surface area contributed by atoms with Crippen molar-refractivity contribution in [3.63, 3.8) is 0 Å². The number of aromatic nitrogens is 2. The molecule has 22 heavy (non-hydrogen) atoms. The van der Waals surface area contributed by atoms with Gasteiger partial charge in [0.1, 0.15) is 5.75 Å². The summed E-state index contributed by atoms with van der Waals surface area (Å²) in [4.78, 5) is 15.9. The van der Waals surface area contributed by atoms with Gasteiger partial charge in [0, 0.05) is 24.4 Å². The second kappa shape index (κ2) is 7.59. The Hall–Kier alpha value is -2.37. The molecule has 0 bridgehead atoms. The normalized spacial score (nSPS) is 10.7. The van der Waals surface area contributed by atoms with Gasteiger partial charge in [0.2, 0.25) is 17.6 Å². The average molecular weight is 303 g/mol. The lowest BCUT2D eigenvalue weighted by Crippen LogP contribution is -2.30. The van der Waals surface area contributed by atoms with Crippen LogP contribution in [-0.4, -0.2) is 28.7 Å². The lowest BCUT2D eigenvalue weighted by Gasteiger charge is -2.06. The molecule has 1 heterocycles. The number of hydrogen-bond donors (Lipinski definition) is 1. The zero-order valence-electron chi connectivity index (χ0n) is 13.1. The molecule has 0 unspecified atom stereocenters. The molecular weight excluding hydrogens is 282 g/mol. The summed E-state index contributed by atoms with van der Waals surface area (Å²) in [7, 11) is 0. The number of nitrogens with zero attached hydrogens (tertiary/aromatic N) is 2. The second-order valence-electron chi connectivity index (χ2n) is 5.19. The Bertz CT molecular complexity index is 605. The van der Waals surface area contributed by atoms with E-state index in [0.717, 1.165) is 11.3 Å². The van der Waals surface area contributed by atoms with Gasteiger partial charge in [-0.1, -0.05) is 5.16 Å². The predicted molar refractivity (Wildman–Crippen MR) is 82.5 cm³/mol. The molecule has 0 aliphatic carbocycles. The Balaban J connectivity index is 1.94. The first-order valence-corrected chi connectivity index (χ1v) is 7.43. The molecule has 0 fully saturated rings. The molecule has 0 aliphatic heterocycles. The molecule has 0 saturated carbocycles. The van der Waals surface area contributed by atoms with Crippen molar-refractivity contribution >= 4 is 5.91 Å². The summed E-state index contributed by atoms with van der Waals surface area (Å²) in [5, 5.41) is 6.77. The van der Waals surface area contributed by atoms with E-state index in [1.165, 1.54) is 0 Å². The van der Waals surface area contributed by atoms with Gasteiger partial charge in [-0.05, 0) is 45.0 Å². The largest absolute Gasteiger partial charge is 0.494 e. The van der Waals surface area contributed by atoms with Crippen molar-refractivity contribution < 1.29 is 14.1 Å². The lowest BCUT2D eigenvalue weighted by molar-refractivity contribution is -0.121. The Morgan fingerprint density at radius 3 is 2.68 bits per heavy atom. The van der Waals surface area contributed by atoms with E-state index in [0.29, 0.717) is 31.2 Å². The van der Waals surface area contributed by atoms with E-state index in [1.807, 2.05) is 45.0 Å². The van der Waals surface area contributed by atoms with Gasteiger partial charge in [0.25, 0.3) is 0 Å². The molecule has 118 valence electrons. The number of benzene rings is 1. The van der Waals surface area contributed by atoms with Crippen molar-refractivity contribution in [3.05, 3.63) is 30.2 Å². The minimum atomic E-state index is -0.0178. The SMILES string of the molecule is CCOc1ccc(-c2noc(CCC(=O)NC(C)C)n2)cc1. The summed E-state index contributed by atoms with van der Waals surface area (Å²) < 4.78 is 10.6. The molecule has 0 spiro atoms. The third-order valence-corrected chi connectivity index (χ3v) is 2.91. The maximum Gasteiger partial charge on any atom is 0.227 e. The van der Waals surface area contributed by atoms with E-state index >= 15 is 0 Å². The highest BCUT2D eigenvalue weighted by Gasteiger charge is 2.11. The van der Waals surface area contributed by atoms with E-state index < -0.39 is 0 Å². The van der Waals surface area contributed by atoms with Gasteiger partial charge in [0.05, 0.1) is 6.61 Å². The zero-order chi connectivity index (χ0) is 15.9. The van der Waals surface area contributed by atoms with Gasteiger partial charge in [-0.2, -0.15) is 4.98 Å². The number of nitrogens with one attached hydrogen (secondary N) is 1. The summed E-state index contributed by atoms with van der Waals surface area (Å²) in [6, 6.07) is 7.63. The fourth-order valence-corrected chi connectivity index (χ4v) is 1.96. The average Bonchev–Trinajstić information content (AvgIpc) is 2.94. The summed E-state index contributed by atoms with van der Waals surface area (Å²) >= 11 is 0. The second-order valence-corrected chi connectivity index (χ2v) is 5.19. The fourth-order valence-electron chi connectivity index (χ4n) is 1.96. The topological polar surface area (TPSA) is 77.2 Å². The Morgan fingerprint density at radius 1 is 1.32 bits per heavy atom. The van der Waals surface area contributed by atoms with Crippen LogP contribution in [-0.2, 0) is 11.2 Å². The van der Waals surface area contributed by atoms with E-state index in [1.54, 1.807) is 0 Å². The lowest BCUT2D eigenvalue weighted by atomic mass is 10.2. The number of ether oxygens (including phenoxy) is 1. The van der Waals surface area contributed by atoms with Crippen LogP contribution in [0.25, 0.3) is 11.4 Å². The summed E-state index contributed by atoms with van der Waals surface area (Å²) in [5.41, 5.74) is 0.852. The van der Waals surface area contributed by atoms with Crippen LogP contribution >= 0.6 is 0 Å². The molecule has 6 nitrogen and oxygen atoms in total. The van der Waals surface area contributed by atoms with Crippen molar-refractivity contribution in [2.24, 2.45) is 0 Å². The molecule has 2 aromatic rings. The van der Waals surface area contributed by atoms with Crippen molar-refractivity contribution in [3.8, 4) is 17.1 Å². The summed E-state index contributed by atoms with van der Waals surface area (Å²) in [6.07, 6.45) is 0.770. The van der Waals surface area contributed by atoms with Crippen LogP contribution < -0.4 is 10.1 Å². The number of amides is 1. The number of aryl methyl sites for hydroxylation is 1. The van der Waals surface area contributed by atoms with Crippen LogP contribution in [0.5, 0.6) is 5.75 Å². The summed E-state index contributed by atoms with van der Waals surface area (Å²) in [5.74, 6) is 1.77. The Kier molecular flexibility index (Phi) is 5.52. The van der Waals surface area contributed by atoms with Gasteiger partial charge in [0.15, 0.2) is 0 Å². The number of carbonyl (C=O) groups excluding carboxylic acids is 1. The van der Waals surface area contributed by atoms with Gasteiger partial charge < -0.3 is 14.6 Å². The van der Waals surface area contributed by atoms with E-state index in [9.17, 15) is 4.79 Å². The molecule has 6 heteroatoms. The predicted octanol–water partition coefficient (Wildman–Crippen LogP) is 2.59. The molecular formula is C16H21N3O3. The third-order valence-electron chi connectivity index (χ3n) is 2.91. The first-order chi connectivity index (χ1) is 10.6. The zero-order valence-corrected chi connectivity index (χ0v) is 13.1. The van der Waals surface area contributed by atoms with Gasteiger partial charge in [-0.3, -0.25) is 4.79 Å². The van der Waals surface area contributed by atoms with Crippen LogP contribution in [0.3, 0.4) is 0 Å². The van der Waals surface area contributed by atoms with Crippen LogP contribution in [0.15, 0.2) is 28.8 Å². The van der Waals surface area contributed by atoms with Crippen LogP contribution in [0.2, 0.25) is 0 Å². The van der Waals surface area contributed by atoms with Gasteiger partial charge in [-0.15, -0.1) is 0 Å². The number of hydrogen-bond acceptors (Lipinski definition) is 5. The van der Waals surface area contributed by atoms with Crippen LogP contribution in [0, 0.1) is 0 Å². The fraction of sp³-hybridized carbons (Fsp3) is 0.438. The van der Waals surface area contributed by atoms with Crippen molar-refractivity contribution in [1.29, 1.82) is 0 Å². The monoisotopic (exact) mass is 303 g/mol. The minimum Gasteiger partial charge on any atom is -0.494 e. The smallest absolute Gasteiger partial charge is 0.227 e.